The van der Waals surface area contributed by atoms with Gasteiger partial charge in [0.15, 0.2) is 0 Å². The van der Waals surface area contributed by atoms with E-state index in [4.69, 9.17) is 14.9 Å². The Morgan fingerprint density at radius 2 is 1.85 bits per heavy atom. The quantitative estimate of drug-likeness (QED) is 0.328. The molecule has 116 valence electrons. The van der Waals surface area contributed by atoms with Crippen LogP contribution in [-0.2, 0) is 9.53 Å². The van der Waals surface area contributed by atoms with Gasteiger partial charge in [0.2, 0.25) is 0 Å². The lowest BCUT2D eigenvalue weighted by molar-refractivity contribution is -0.147. The van der Waals surface area contributed by atoms with Gasteiger partial charge in [-0.15, -0.1) is 0 Å². The first-order valence-corrected chi connectivity index (χ1v) is 7.45. The molecule has 0 aromatic carbocycles. The van der Waals surface area contributed by atoms with Crippen LogP contribution in [-0.4, -0.2) is 35.5 Å². The van der Waals surface area contributed by atoms with Crippen molar-refractivity contribution in [2.75, 3.05) is 13.2 Å². The highest BCUT2D eigenvalue weighted by Gasteiger charge is 2.06. The van der Waals surface area contributed by atoms with E-state index in [0.29, 0.717) is 12.8 Å². The third-order valence-electron chi connectivity index (χ3n) is 2.74. The lowest BCUT2D eigenvalue weighted by atomic mass is 10.2. The van der Waals surface area contributed by atoms with Gasteiger partial charge in [0.25, 0.3) is 0 Å². The zero-order valence-corrected chi connectivity index (χ0v) is 12.5. The highest BCUT2D eigenvalue weighted by atomic mass is 16.5. The van der Waals surface area contributed by atoms with Crippen LogP contribution >= 0.6 is 0 Å². The topological polar surface area (TPSA) is 66.8 Å². The number of hydrogen-bond donors (Lipinski definition) is 2. The maximum Gasteiger partial charge on any atom is 0.306 e. The molecule has 20 heavy (non-hydrogen) atoms. The van der Waals surface area contributed by atoms with Crippen molar-refractivity contribution in [1.82, 2.24) is 0 Å². The molecule has 4 heteroatoms. The van der Waals surface area contributed by atoms with Crippen LogP contribution in [0.25, 0.3) is 0 Å². The largest absolute Gasteiger partial charge is 0.463 e. The summed E-state index contributed by atoms with van der Waals surface area (Å²) in [6, 6.07) is 0. The number of carbonyl (C=O) groups excluding carboxylic acids is 1. The van der Waals surface area contributed by atoms with E-state index in [1.165, 1.54) is 19.3 Å². The van der Waals surface area contributed by atoms with Gasteiger partial charge >= 0.3 is 5.97 Å². The molecule has 0 aromatic heterocycles. The normalized spacial score (nSPS) is 13.2. The summed E-state index contributed by atoms with van der Waals surface area (Å²) in [4.78, 5) is 11.2. The zero-order chi connectivity index (χ0) is 15.1. The van der Waals surface area contributed by atoms with E-state index in [0.717, 1.165) is 12.8 Å². The van der Waals surface area contributed by atoms with E-state index in [1.54, 1.807) is 0 Å². The Labute approximate surface area is 122 Å². The standard InChI is InChI=1S/C16H28O4/c1-2-3-4-5-6-7-8-9-10-11-12-16(19)20-14-15(18)13-17/h6-7,9-10,15,17-18H,2-5,8,11-14H2,1H3/b7-6-,10-9-/t15-/m1/s1. The predicted molar refractivity (Wildman–Crippen MR) is 80.3 cm³/mol. The molecule has 0 aliphatic heterocycles. The number of esters is 1. The summed E-state index contributed by atoms with van der Waals surface area (Å²) in [6.07, 6.45) is 14.1. The lowest BCUT2D eigenvalue weighted by Crippen LogP contribution is -2.21. The van der Waals surface area contributed by atoms with Gasteiger partial charge in [0, 0.05) is 6.42 Å². The van der Waals surface area contributed by atoms with Crippen LogP contribution in [0.3, 0.4) is 0 Å². The molecule has 0 saturated carbocycles. The molecule has 0 saturated heterocycles. The third kappa shape index (κ3) is 13.3. The Morgan fingerprint density at radius 3 is 2.50 bits per heavy atom. The summed E-state index contributed by atoms with van der Waals surface area (Å²) in [5, 5.41) is 17.6. The van der Waals surface area contributed by atoms with E-state index >= 15 is 0 Å². The summed E-state index contributed by atoms with van der Waals surface area (Å²) in [6.45, 7) is 1.67. The summed E-state index contributed by atoms with van der Waals surface area (Å²) in [7, 11) is 0. The molecule has 1 atom stereocenters. The average Bonchev–Trinajstić information content (AvgIpc) is 2.46. The number of allylic oxidation sites excluding steroid dienone is 4. The smallest absolute Gasteiger partial charge is 0.306 e. The van der Waals surface area contributed by atoms with E-state index in [1.807, 2.05) is 12.2 Å². The number of aliphatic hydroxyl groups excluding tert-OH is 2. The van der Waals surface area contributed by atoms with E-state index in [2.05, 4.69) is 19.1 Å². The molecule has 0 radical (unpaired) electrons. The van der Waals surface area contributed by atoms with Crippen molar-refractivity contribution < 1.29 is 19.7 Å². The Hall–Kier alpha value is -1.13. The fourth-order valence-corrected chi connectivity index (χ4v) is 1.53. The SMILES string of the molecule is CCCCC/C=C\C/C=C\CCC(=O)OC[C@H](O)CO. The minimum atomic E-state index is -0.979. The predicted octanol–water partition coefficient (Wildman–Crippen LogP) is 2.75. The lowest BCUT2D eigenvalue weighted by Gasteiger charge is -2.07. The first-order chi connectivity index (χ1) is 9.70. The van der Waals surface area contributed by atoms with Crippen LogP contribution in [0.1, 0.15) is 51.9 Å². The summed E-state index contributed by atoms with van der Waals surface area (Å²) < 4.78 is 4.78. The Morgan fingerprint density at radius 1 is 1.15 bits per heavy atom. The molecule has 0 spiro atoms. The second-order valence-electron chi connectivity index (χ2n) is 4.73. The number of unbranched alkanes of at least 4 members (excludes halogenated alkanes) is 3. The number of hydrogen-bond acceptors (Lipinski definition) is 4. The van der Waals surface area contributed by atoms with Crippen molar-refractivity contribution in [3.05, 3.63) is 24.3 Å². The van der Waals surface area contributed by atoms with Crippen molar-refractivity contribution in [3.8, 4) is 0 Å². The molecular weight excluding hydrogens is 256 g/mol. The summed E-state index contributed by atoms with van der Waals surface area (Å²) in [5.74, 6) is -0.350. The Bertz CT molecular complexity index is 284. The van der Waals surface area contributed by atoms with Gasteiger partial charge < -0.3 is 14.9 Å². The van der Waals surface area contributed by atoms with Crippen molar-refractivity contribution in [2.24, 2.45) is 0 Å². The van der Waals surface area contributed by atoms with Crippen LogP contribution in [0.4, 0.5) is 0 Å². The molecule has 2 N–H and O–H groups in total. The molecule has 0 amide bonds. The molecule has 0 aliphatic rings. The fourth-order valence-electron chi connectivity index (χ4n) is 1.53. The first-order valence-electron chi connectivity index (χ1n) is 7.45. The van der Waals surface area contributed by atoms with Gasteiger partial charge in [0.1, 0.15) is 12.7 Å². The van der Waals surface area contributed by atoms with Crippen molar-refractivity contribution in [3.63, 3.8) is 0 Å². The number of aliphatic hydroxyl groups is 2. The van der Waals surface area contributed by atoms with Crippen LogP contribution < -0.4 is 0 Å². The highest BCUT2D eigenvalue weighted by Crippen LogP contribution is 2.01. The molecule has 0 heterocycles. The van der Waals surface area contributed by atoms with Gasteiger partial charge in [-0.1, -0.05) is 44.1 Å². The second-order valence-corrected chi connectivity index (χ2v) is 4.73. The van der Waals surface area contributed by atoms with Gasteiger partial charge in [-0.25, -0.2) is 0 Å². The summed E-state index contributed by atoms with van der Waals surface area (Å²) in [5.41, 5.74) is 0. The molecule has 0 bridgehead atoms. The second kappa shape index (κ2) is 14.3. The minimum Gasteiger partial charge on any atom is -0.463 e. The van der Waals surface area contributed by atoms with Crippen molar-refractivity contribution in [1.29, 1.82) is 0 Å². The number of rotatable bonds is 12. The van der Waals surface area contributed by atoms with Gasteiger partial charge in [-0.05, 0) is 25.7 Å². The third-order valence-corrected chi connectivity index (χ3v) is 2.74. The monoisotopic (exact) mass is 284 g/mol. The van der Waals surface area contributed by atoms with Crippen LogP contribution in [0, 0.1) is 0 Å². The minimum absolute atomic E-state index is 0.139. The van der Waals surface area contributed by atoms with Crippen molar-refractivity contribution in [2.45, 2.75) is 58.0 Å². The molecule has 0 aliphatic carbocycles. The summed E-state index contributed by atoms with van der Waals surface area (Å²) >= 11 is 0. The van der Waals surface area contributed by atoms with Crippen LogP contribution in [0.2, 0.25) is 0 Å². The number of carbonyl (C=O) groups is 1. The van der Waals surface area contributed by atoms with E-state index < -0.39 is 12.7 Å². The Kier molecular flexibility index (Phi) is 13.5. The molecule has 0 unspecified atom stereocenters. The maximum atomic E-state index is 11.2. The van der Waals surface area contributed by atoms with E-state index in [-0.39, 0.29) is 12.6 Å². The average molecular weight is 284 g/mol. The maximum absolute atomic E-state index is 11.2. The van der Waals surface area contributed by atoms with Gasteiger partial charge in [-0.2, -0.15) is 0 Å². The van der Waals surface area contributed by atoms with Crippen LogP contribution in [0.5, 0.6) is 0 Å². The zero-order valence-electron chi connectivity index (χ0n) is 12.5. The fraction of sp³-hybridized carbons (Fsp3) is 0.688. The molecule has 4 nitrogen and oxygen atoms in total. The molecular formula is C16H28O4. The van der Waals surface area contributed by atoms with Crippen molar-refractivity contribution >= 4 is 5.97 Å². The van der Waals surface area contributed by atoms with Gasteiger partial charge in [-0.3, -0.25) is 4.79 Å². The molecule has 0 rings (SSSR count). The molecule has 0 aromatic rings. The number of ether oxygens (including phenoxy) is 1. The van der Waals surface area contributed by atoms with Gasteiger partial charge in [0.05, 0.1) is 6.61 Å². The molecule has 0 fully saturated rings. The first kappa shape index (κ1) is 18.9. The Balaban J connectivity index is 3.44. The van der Waals surface area contributed by atoms with Crippen LogP contribution in [0.15, 0.2) is 24.3 Å². The highest BCUT2D eigenvalue weighted by molar-refractivity contribution is 5.69. The van der Waals surface area contributed by atoms with E-state index in [9.17, 15) is 4.79 Å².